The lowest BCUT2D eigenvalue weighted by Crippen LogP contribution is -2.08. The zero-order valence-corrected chi connectivity index (χ0v) is 13.8. The molecular formula is C13H12Cl2FN3O2S. The Morgan fingerprint density at radius 1 is 1.23 bits per heavy atom. The molecule has 0 bridgehead atoms. The SMILES string of the molecule is CS(=O)(=O)c1ccc(NCCc2c(Cl)ncnc2Cl)c(F)c1. The van der Waals surface area contributed by atoms with Crippen molar-refractivity contribution in [2.24, 2.45) is 0 Å². The molecule has 0 aliphatic carbocycles. The molecule has 1 aromatic heterocycles. The molecule has 2 aromatic rings. The summed E-state index contributed by atoms with van der Waals surface area (Å²) in [5, 5.41) is 3.34. The van der Waals surface area contributed by atoms with Crippen molar-refractivity contribution in [2.75, 3.05) is 18.1 Å². The fraction of sp³-hybridized carbons (Fsp3) is 0.231. The van der Waals surface area contributed by atoms with E-state index in [2.05, 4.69) is 15.3 Å². The molecule has 118 valence electrons. The van der Waals surface area contributed by atoms with Crippen molar-refractivity contribution >= 4 is 38.7 Å². The van der Waals surface area contributed by atoms with Crippen molar-refractivity contribution in [3.05, 3.63) is 46.2 Å². The van der Waals surface area contributed by atoms with Crippen molar-refractivity contribution in [3.8, 4) is 0 Å². The van der Waals surface area contributed by atoms with Gasteiger partial charge in [0.15, 0.2) is 9.84 Å². The summed E-state index contributed by atoms with van der Waals surface area (Å²) in [5.41, 5.74) is 0.753. The first kappa shape index (κ1) is 16.9. The van der Waals surface area contributed by atoms with Gasteiger partial charge in [0, 0.05) is 18.4 Å². The number of nitrogens with one attached hydrogen (secondary N) is 1. The number of benzene rings is 1. The zero-order valence-electron chi connectivity index (χ0n) is 11.5. The molecule has 0 spiro atoms. The number of halogens is 3. The molecular weight excluding hydrogens is 352 g/mol. The highest BCUT2D eigenvalue weighted by atomic mass is 35.5. The summed E-state index contributed by atoms with van der Waals surface area (Å²) in [6.45, 7) is 0.335. The van der Waals surface area contributed by atoms with E-state index in [9.17, 15) is 12.8 Å². The van der Waals surface area contributed by atoms with Gasteiger partial charge in [0.1, 0.15) is 22.5 Å². The second kappa shape index (κ2) is 6.76. The van der Waals surface area contributed by atoms with Gasteiger partial charge in [0.2, 0.25) is 0 Å². The van der Waals surface area contributed by atoms with Crippen LogP contribution in [0.3, 0.4) is 0 Å². The van der Waals surface area contributed by atoms with Crippen LogP contribution >= 0.6 is 23.2 Å². The van der Waals surface area contributed by atoms with Crippen LogP contribution in [0.25, 0.3) is 0 Å². The number of aromatic nitrogens is 2. The van der Waals surface area contributed by atoms with Crippen LogP contribution in [0, 0.1) is 5.82 Å². The molecule has 0 atom stereocenters. The Labute approximate surface area is 137 Å². The summed E-state index contributed by atoms with van der Waals surface area (Å²) in [6, 6.07) is 3.69. The highest BCUT2D eigenvalue weighted by Crippen LogP contribution is 2.22. The van der Waals surface area contributed by atoms with Crippen molar-refractivity contribution in [1.82, 2.24) is 9.97 Å². The van der Waals surface area contributed by atoms with E-state index in [4.69, 9.17) is 23.2 Å². The Kier molecular flexibility index (Phi) is 5.20. The minimum absolute atomic E-state index is 0.0712. The molecule has 0 saturated heterocycles. The first-order valence-corrected chi connectivity index (χ1v) is 8.82. The third-order valence-electron chi connectivity index (χ3n) is 2.90. The number of sulfone groups is 1. The van der Waals surface area contributed by atoms with Crippen molar-refractivity contribution in [1.29, 1.82) is 0 Å². The van der Waals surface area contributed by atoms with Crippen molar-refractivity contribution in [3.63, 3.8) is 0 Å². The van der Waals surface area contributed by atoms with Gasteiger partial charge in [-0.15, -0.1) is 0 Å². The van der Waals surface area contributed by atoms with Gasteiger partial charge in [-0.05, 0) is 24.6 Å². The molecule has 22 heavy (non-hydrogen) atoms. The van der Waals surface area contributed by atoms with E-state index in [0.717, 1.165) is 12.3 Å². The number of hydrogen-bond acceptors (Lipinski definition) is 5. The molecule has 1 heterocycles. The quantitative estimate of drug-likeness (QED) is 0.826. The van der Waals surface area contributed by atoms with Crippen LogP contribution < -0.4 is 5.32 Å². The lowest BCUT2D eigenvalue weighted by molar-refractivity contribution is 0.596. The molecule has 0 fully saturated rings. The number of rotatable bonds is 5. The smallest absolute Gasteiger partial charge is 0.175 e. The molecule has 0 saturated carbocycles. The highest BCUT2D eigenvalue weighted by Gasteiger charge is 2.12. The van der Waals surface area contributed by atoms with Gasteiger partial charge in [0.25, 0.3) is 0 Å². The van der Waals surface area contributed by atoms with Crippen LogP contribution in [0.1, 0.15) is 5.56 Å². The minimum Gasteiger partial charge on any atom is -0.382 e. The molecule has 0 aliphatic heterocycles. The summed E-state index contributed by atoms with van der Waals surface area (Å²) >= 11 is 11.8. The summed E-state index contributed by atoms with van der Waals surface area (Å²) < 4.78 is 36.5. The third-order valence-corrected chi connectivity index (χ3v) is 4.66. The molecule has 1 aromatic carbocycles. The maximum Gasteiger partial charge on any atom is 0.175 e. The van der Waals surface area contributed by atoms with E-state index in [-0.39, 0.29) is 20.9 Å². The van der Waals surface area contributed by atoms with E-state index < -0.39 is 15.7 Å². The van der Waals surface area contributed by atoms with Crippen LogP contribution in [0.5, 0.6) is 0 Å². The first-order valence-electron chi connectivity index (χ1n) is 6.17. The zero-order chi connectivity index (χ0) is 16.3. The molecule has 5 nitrogen and oxygen atoms in total. The van der Waals surface area contributed by atoms with Gasteiger partial charge in [-0.2, -0.15) is 0 Å². The van der Waals surface area contributed by atoms with Gasteiger partial charge in [0.05, 0.1) is 10.6 Å². The van der Waals surface area contributed by atoms with Gasteiger partial charge >= 0.3 is 0 Å². The standard InChI is InChI=1S/C13H12Cl2FN3O2S/c1-22(20,21)8-2-3-11(10(16)6-8)17-5-4-9-12(14)18-7-19-13(9)15/h2-3,6-7,17H,4-5H2,1H3. The Morgan fingerprint density at radius 3 is 2.41 bits per heavy atom. The van der Waals surface area contributed by atoms with Gasteiger partial charge in [-0.25, -0.2) is 22.8 Å². The molecule has 0 amide bonds. The molecule has 0 aliphatic rings. The summed E-state index contributed by atoms with van der Waals surface area (Å²) in [6.07, 6.45) is 2.67. The van der Waals surface area contributed by atoms with E-state index >= 15 is 0 Å². The number of hydrogen-bond donors (Lipinski definition) is 1. The van der Waals surface area contributed by atoms with E-state index in [1.165, 1.54) is 18.5 Å². The normalized spacial score (nSPS) is 11.5. The van der Waals surface area contributed by atoms with Crippen LogP contribution in [-0.2, 0) is 16.3 Å². The average Bonchev–Trinajstić information content (AvgIpc) is 2.42. The van der Waals surface area contributed by atoms with E-state index in [1.54, 1.807) is 0 Å². The maximum absolute atomic E-state index is 13.9. The van der Waals surface area contributed by atoms with Crippen LogP contribution in [0.15, 0.2) is 29.4 Å². The monoisotopic (exact) mass is 363 g/mol. The lowest BCUT2D eigenvalue weighted by atomic mass is 10.2. The fourth-order valence-corrected chi connectivity index (χ4v) is 2.91. The van der Waals surface area contributed by atoms with Gasteiger partial charge in [-0.1, -0.05) is 23.2 Å². The third kappa shape index (κ3) is 4.06. The summed E-state index contributed by atoms with van der Waals surface area (Å²) in [7, 11) is -3.44. The second-order valence-electron chi connectivity index (χ2n) is 4.52. The topological polar surface area (TPSA) is 72.0 Å². The molecule has 0 unspecified atom stereocenters. The van der Waals surface area contributed by atoms with Crippen LogP contribution in [-0.4, -0.2) is 31.2 Å². The van der Waals surface area contributed by atoms with Crippen LogP contribution in [0.4, 0.5) is 10.1 Å². The number of nitrogens with zero attached hydrogens (tertiary/aromatic N) is 2. The second-order valence-corrected chi connectivity index (χ2v) is 7.26. The van der Waals surface area contributed by atoms with Crippen LogP contribution in [0.2, 0.25) is 10.3 Å². The van der Waals surface area contributed by atoms with E-state index in [1.807, 2.05) is 0 Å². The lowest BCUT2D eigenvalue weighted by Gasteiger charge is -2.10. The van der Waals surface area contributed by atoms with E-state index in [0.29, 0.717) is 18.5 Å². The predicted octanol–water partition coefficient (Wildman–Crippen LogP) is 2.98. The Hall–Kier alpha value is -1.44. The Balaban J connectivity index is 2.07. The Bertz CT molecular complexity index is 780. The Morgan fingerprint density at radius 2 is 1.86 bits per heavy atom. The fourth-order valence-electron chi connectivity index (χ4n) is 1.77. The maximum atomic E-state index is 13.9. The molecule has 2 rings (SSSR count). The summed E-state index contributed by atoms with van der Waals surface area (Å²) in [5.74, 6) is -0.649. The first-order chi connectivity index (χ1) is 10.3. The molecule has 1 N–H and O–H groups in total. The molecule has 9 heteroatoms. The van der Waals surface area contributed by atoms with Gasteiger partial charge < -0.3 is 5.32 Å². The average molecular weight is 364 g/mol. The molecule has 0 radical (unpaired) electrons. The van der Waals surface area contributed by atoms with Gasteiger partial charge in [-0.3, -0.25) is 0 Å². The van der Waals surface area contributed by atoms with Crippen molar-refractivity contribution in [2.45, 2.75) is 11.3 Å². The largest absolute Gasteiger partial charge is 0.382 e. The summed E-state index contributed by atoms with van der Waals surface area (Å²) in [4.78, 5) is 7.58. The highest BCUT2D eigenvalue weighted by molar-refractivity contribution is 7.90. The predicted molar refractivity (Wildman–Crippen MR) is 83.8 cm³/mol. The number of anilines is 1. The minimum atomic E-state index is -3.44. The van der Waals surface area contributed by atoms with Crippen molar-refractivity contribution < 1.29 is 12.8 Å².